The molecule has 0 aliphatic heterocycles. The minimum atomic E-state index is -1.05. The number of nitrogens with zero attached hydrogens (tertiary/aromatic N) is 2. The highest BCUT2D eigenvalue weighted by molar-refractivity contribution is 7.08. The van der Waals surface area contributed by atoms with Crippen LogP contribution in [0.25, 0.3) is 11.5 Å². The highest BCUT2D eigenvalue weighted by Gasteiger charge is 2.19. The zero-order chi connectivity index (χ0) is 13.9. The first-order valence-electron chi connectivity index (χ1n) is 5.87. The fourth-order valence-corrected chi connectivity index (χ4v) is 2.42. The second-order valence-electron chi connectivity index (χ2n) is 4.15. The van der Waals surface area contributed by atoms with Crippen molar-refractivity contribution in [3.8, 4) is 11.5 Å². The molecule has 1 N–H and O–H groups in total. The summed E-state index contributed by atoms with van der Waals surface area (Å²) in [6.07, 6.45) is -0.323. The van der Waals surface area contributed by atoms with Crippen LogP contribution in [0.1, 0.15) is 27.9 Å². The quantitative estimate of drug-likeness (QED) is 0.746. The van der Waals surface area contributed by atoms with Crippen LogP contribution in [0.3, 0.4) is 0 Å². The summed E-state index contributed by atoms with van der Waals surface area (Å²) in [4.78, 5) is 10.7. The Morgan fingerprint density at radius 2 is 2.20 bits per heavy atom. The molecule has 0 aliphatic rings. The van der Waals surface area contributed by atoms with Gasteiger partial charge in [-0.1, -0.05) is 18.2 Å². The topological polar surface area (TPSA) is 76.2 Å². The second kappa shape index (κ2) is 5.36. The first-order chi connectivity index (χ1) is 9.78. The standard InChI is InChI=1S/C14H10N2O3S/c17-7-9-2-1-3-10(6-9)12(18)14-16-15-13(19-14)11-4-5-20-8-11/h1-8,12,18H. The van der Waals surface area contributed by atoms with Crippen molar-refractivity contribution >= 4 is 17.6 Å². The highest BCUT2D eigenvalue weighted by atomic mass is 32.1. The van der Waals surface area contributed by atoms with Crippen molar-refractivity contribution in [1.29, 1.82) is 0 Å². The van der Waals surface area contributed by atoms with E-state index in [0.29, 0.717) is 17.0 Å². The lowest BCUT2D eigenvalue weighted by Gasteiger charge is -2.06. The van der Waals surface area contributed by atoms with Crippen molar-refractivity contribution in [2.45, 2.75) is 6.10 Å². The molecule has 1 aromatic carbocycles. The van der Waals surface area contributed by atoms with Gasteiger partial charge in [-0.25, -0.2) is 0 Å². The first kappa shape index (κ1) is 12.7. The van der Waals surface area contributed by atoms with Gasteiger partial charge in [0.2, 0.25) is 11.8 Å². The lowest BCUT2D eigenvalue weighted by molar-refractivity contribution is 0.112. The first-order valence-corrected chi connectivity index (χ1v) is 6.81. The van der Waals surface area contributed by atoms with Crippen LogP contribution in [0, 0.1) is 0 Å². The minimum Gasteiger partial charge on any atom is -0.417 e. The van der Waals surface area contributed by atoms with Gasteiger partial charge in [0.1, 0.15) is 6.29 Å². The predicted molar refractivity (Wildman–Crippen MR) is 73.5 cm³/mol. The molecule has 2 aromatic heterocycles. The number of carbonyl (C=O) groups excluding carboxylic acids is 1. The molecule has 0 spiro atoms. The van der Waals surface area contributed by atoms with Crippen molar-refractivity contribution < 1.29 is 14.3 Å². The lowest BCUT2D eigenvalue weighted by atomic mass is 10.1. The van der Waals surface area contributed by atoms with Gasteiger partial charge in [-0.05, 0) is 23.1 Å². The number of aldehydes is 1. The van der Waals surface area contributed by atoms with Gasteiger partial charge in [0, 0.05) is 16.5 Å². The van der Waals surface area contributed by atoms with Crippen LogP contribution < -0.4 is 0 Å². The van der Waals surface area contributed by atoms with E-state index in [0.717, 1.165) is 11.8 Å². The molecule has 3 aromatic rings. The van der Waals surface area contributed by atoms with Crippen LogP contribution in [0.15, 0.2) is 45.5 Å². The largest absolute Gasteiger partial charge is 0.417 e. The summed E-state index contributed by atoms with van der Waals surface area (Å²) >= 11 is 1.52. The number of rotatable bonds is 4. The summed E-state index contributed by atoms with van der Waals surface area (Å²) < 4.78 is 5.46. The van der Waals surface area contributed by atoms with Gasteiger partial charge in [-0.2, -0.15) is 11.3 Å². The molecule has 3 rings (SSSR count). The minimum absolute atomic E-state index is 0.106. The fourth-order valence-electron chi connectivity index (χ4n) is 1.79. The van der Waals surface area contributed by atoms with Crippen LogP contribution in [-0.2, 0) is 0 Å². The zero-order valence-electron chi connectivity index (χ0n) is 10.3. The van der Waals surface area contributed by atoms with E-state index in [1.807, 2.05) is 16.8 Å². The molecule has 2 heterocycles. The molecule has 0 bridgehead atoms. The molecular weight excluding hydrogens is 276 g/mol. The summed E-state index contributed by atoms with van der Waals surface area (Å²) in [6.45, 7) is 0. The Hall–Kier alpha value is -2.31. The van der Waals surface area contributed by atoms with Gasteiger partial charge in [-0.3, -0.25) is 4.79 Å². The molecule has 6 heteroatoms. The molecule has 20 heavy (non-hydrogen) atoms. The van der Waals surface area contributed by atoms with E-state index in [2.05, 4.69) is 10.2 Å². The average molecular weight is 286 g/mol. The number of aromatic nitrogens is 2. The van der Waals surface area contributed by atoms with E-state index in [-0.39, 0.29) is 5.89 Å². The Kier molecular flexibility index (Phi) is 3.41. The van der Waals surface area contributed by atoms with E-state index in [4.69, 9.17) is 4.42 Å². The number of hydrogen-bond acceptors (Lipinski definition) is 6. The van der Waals surface area contributed by atoms with E-state index in [9.17, 15) is 9.90 Å². The predicted octanol–water partition coefficient (Wildman–Crippen LogP) is 2.69. The third-order valence-corrected chi connectivity index (χ3v) is 3.49. The molecule has 0 saturated heterocycles. The molecule has 100 valence electrons. The Balaban J connectivity index is 1.90. The number of thiophene rings is 1. The van der Waals surface area contributed by atoms with Crippen LogP contribution in [0.4, 0.5) is 0 Å². The maximum absolute atomic E-state index is 10.7. The smallest absolute Gasteiger partial charge is 0.249 e. The molecule has 1 atom stereocenters. The van der Waals surface area contributed by atoms with Crippen molar-refractivity contribution in [3.05, 3.63) is 58.1 Å². The summed E-state index contributed by atoms with van der Waals surface area (Å²) in [5.74, 6) is 0.473. The van der Waals surface area contributed by atoms with Gasteiger partial charge >= 0.3 is 0 Å². The van der Waals surface area contributed by atoms with Crippen molar-refractivity contribution in [2.24, 2.45) is 0 Å². The Bertz CT molecular complexity index is 722. The molecule has 0 amide bonds. The number of benzene rings is 1. The lowest BCUT2D eigenvalue weighted by Crippen LogP contribution is -2.00. The van der Waals surface area contributed by atoms with E-state index < -0.39 is 6.10 Å². The number of hydrogen-bond donors (Lipinski definition) is 1. The highest BCUT2D eigenvalue weighted by Crippen LogP contribution is 2.26. The van der Waals surface area contributed by atoms with Crippen LogP contribution in [-0.4, -0.2) is 21.6 Å². The summed E-state index contributed by atoms with van der Waals surface area (Å²) in [7, 11) is 0. The molecule has 0 fully saturated rings. The van der Waals surface area contributed by atoms with Gasteiger partial charge < -0.3 is 9.52 Å². The van der Waals surface area contributed by atoms with Gasteiger partial charge in [-0.15, -0.1) is 10.2 Å². The summed E-state index contributed by atoms with van der Waals surface area (Å²) in [5.41, 5.74) is 1.84. The maximum Gasteiger partial charge on any atom is 0.249 e. The maximum atomic E-state index is 10.7. The Morgan fingerprint density at radius 3 is 2.95 bits per heavy atom. The van der Waals surface area contributed by atoms with E-state index >= 15 is 0 Å². The number of aliphatic hydroxyl groups excluding tert-OH is 1. The molecular formula is C14H10N2O3S. The van der Waals surface area contributed by atoms with Crippen molar-refractivity contribution in [2.75, 3.05) is 0 Å². The average Bonchev–Trinajstić information content (AvgIpc) is 3.17. The van der Waals surface area contributed by atoms with E-state index in [1.165, 1.54) is 11.3 Å². The summed E-state index contributed by atoms with van der Waals surface area (Å²) in [6, 6.07) is 8.51. The van der Waals surface area contributed by atoms with Gasteiger partial charge in [0.15, 0.2) is 6.10 Å². The van der Waals surface area contributed by atoms with Crippen LogP contribution in [0.2, 0.25) is 0 Å². The molecule has 0 aliphatic carbocycles. The SMILES string of the molecule is O=Cc1cccc(C(O)c2nnc(-c3ccsc3)o2)c1. The van der Waals surface area contributed by atoms with E-state index in [1.54, 1.807) is 24.3 Å². The molecule has 1 unspecified atom stereocenters. The normalized spacial score (nSPS) is 12.2. The zero-order valence-corrected chi connectivity index (χ0v) is 11.1. The van der Waals surface area contributed by atoms with Gasteiger partial charge in [0.25, 0.3) is 0 Å². The third-order valence-electron chi connectivity index (χ3n) is 2.81. The fraction of sp³-hybridized carbons (Fsp3) is 0.0714. The molecule has 0 saturated carbocycles. The van der Waals surface area contributed by atoms with Crippen molar-refractivity contribution in [3.63, 3.8) is 0 Å². The monoisotopic (exact) mass is 286 g/mol. The summed E-state index contributed by atoms with van der Waals surface area (Å²) in [5, 5.41) is 21.8. The third kappa shape index (κ3) is 2.38. The number of aliphatic hydroxyl groups is 1. The van der Waals surface area contributed by atoms with Crippen LogP contribution in [0.5, 0.6) is 0 Å². The second-order valence-corrected chi connectivity index (χ2v) is 4.93. The molecule has 0 radical (unpaired) electrons. The van der Waals surface area contributed by atoms with Crippen LogP contribution >= 0.6 is 11.3 Å². The molecule has 5 nitrogen and oxygen atoms in total. The van der Waals surface area contributed by atoms with Gasteiger partial charge in [0.05, 0.1) is 0 Å². The van der Waals surface area contributed by atoms with Crippen molar-refractivity contribution in [1.82, 2.24) is 10.2 Å². The Labute approximate surface area is 118 Å². The number of carbonyl (C=O) groups is 1. The Morgan fingerprint density at radius 1 is 1.30 bits per heavy atom.